The van der Waals surface area contributed by atoms with E-state index in [9.17, 15) is 12.8 Å². The number of methoxy groups -OCH3 is 1. The third-order valence-corrected chi connectivity index (χ3v) is 8.43. The molecule has 1 aliphatic heterocycles. The van der Waals surface area contributed by atoms with Crippen molar-refractivity contribution in [3.05, 3.63) is 48.3 Å². The van der Waals surface area contributed by atoms with Crippen LogP contribution in [0.1, 0.15) is 26.3 Å². The van der Waals surface area contributed by atoms with Crippen molar-refractivity contribution in [3.63, 3.8) is 0 Å². The zero-order valence-electron chi connectivity index (χ0n) is 18.0. The van der Waals surface area contributed by atoms with E-state index in [4.69, 9.17) is 10.5 Å². The first-order valence-corrected chi connectivity index (χ1v) is 11.4. The molecule has 1 atom stereocenters. The van der Waals surface area contributed by atoms with Crippen LogP contribution in [0.4, 0.5) is 15.9 Å². The molecule has 0 saturated carbocycles. The quantitative estimate of drug-likeness (QED) is 0.570. The normalized spacial score (nSPS) is 21.7. The van der Waals surface area contributed by atoms with Crippen LogP contribution in [0.5, 0.6) is 5.75 Å². The summed E-state index contributed by atoms with van der Waals surface area (Å²) in [6.45, 7) is 4.50. The van der Waals surface area contributed by atoms with Gasteiger partial charge >= 0.3 is 0 Å². The number of nitrogens with two attached hydrogens (primary N) is 1. The molecule has 0 fully saturated rings. The van der Waals surface area contributed by atoms with Crippen molar-refractivity contribution >= 4 is 38.1 Å². The van der Waals surface area contributed by atoms with Gasteiger partial charge in [-0.05, 0) is 39.0 Å². The zero-order chi connectivity index (χ0) is 23.3. The van der Waals surface area contributed by atoms with Gasteiger partial charge in [0, 0.05) is 17.1 Å². The molecule has 0 bridgehead atoms. The molecule has 32 heavy (non-hydrogen) atoms. The molecule has 0 radical (unpaired) electrons. The number of hydrogen-bond acceptors (Lipinski definition) is 9. The predicted molar refractivity (Wildman–Crippen MR) is 120 cm³/mol. The van der Waals surface area contributed by atoms with E-state index in [1.807, 2.05) is 6.07 Å². The maximum absolute atomic E-state index is 14.8. The number of nitrogens with one attached hydrogen (secondary N) is 1. The molecule has 9 nitrogen and oxygen atoms in total. The zero-order valence-corrected chi connectivity index (χ0v) is 18.9. The Morgan fingerprint density at radius 2 is 1.91 bits per heavy atom. The average Bonchev–Trinajstić information content (AvgIpc) is 2.73. The molecule has 0 aromatic carbocycles. The fraction of sp³-hybridized carbons (Fsp3) is 0.333. The summed E-state index contributed by atoms with van der Waals surface area (Å²) in [5.41, 5.74) is 5.55. The molecular weight excluding hydrogens is 435 g/mol. The summed E-state index contributed by atoms with van der Waals surface area (Å²) in [6.07, 6.45) is 4.46. The van der Waals surface area contributed by atoms with Gasteiger partial charge in [-0.25, -0.2) is 23.4 Å². The van der Waals surface area contributed by atoms with Crippen LogP contribution in [0.15, 0.2) is 41.8 Å². The Morgan fingerprint density at radius 3 is 2.59 bits per heavy atom. The van der Waals surface area contributed by atoms with Gasteiger partial charge in [-0.15, -0.1) is 0 Å². The summed E-state index contributed by atoms with van der Waals surface area (Å²) in [5.74, 6) is -0.264. The maximum Gasteiger partial charge on any atom is 0.218 e. The average molecular weight is 459 g/mol. The standard InChI is InChI=1S/C21H23FN6O3S/c1-20(2)19(23)28-21(3,11-32(20,29)30)15-8-13(9-26-17(15)22)27-18-16-12(5-6-24-18)7-14(31-4)10-25-16/h5-10H,11H2,1-4H3,(H2,23,28)(H,24,27). The van der Waals surface area contributed by atoms with Gasteiger partial charge in [0.15, 0.2) is 15.7 Å². The smallest absolute Gasteiger partial charge is 0.218 e. The second kappa shape index (κ2) is 7.37. The van der Waals surface area contributed by atoms with Gasteiger partial charge < -0.3 is 15.8 Å². The Hall–Kier alpha value is -3.34. The minimum Gasteiger partial charge on any atom is -0.495 e. The Balaban J connectivity index is 1.77. The van der Waals surface area contributed by atoms with E-state index in [1.54, 1.807) is 25.6 Å². The molecule has 3 aromatic heterocycles. The minimum absolute atomic E-state index is 0.0133. The summed E-state index contributed by atoms with van der Waals surface area (Å²) in [7, 11) is -2.14. The van der Waals surface area contributed by atoms with E-state index in [-0.39, 0.29) is 11.4 Å². The van der Waals surface area contributed by atoms with Gasteiger partial charge in [-0.2, -0.15) is 4.39 Å². The fourth-order valence-electron chi connectivity index (χ4n) is 3.55. The second-order valence-electron chi connectivity index (χ2n) is 8.33. The molecule has 0 spiro atoms. The summed E-state index contributed by atoms with van der Waals surface area (Å²) in [4.78, 5) is 16.9. The van der Waals surface area contributed by atoms with Crippen molar-refractivity contribution in [2.75, 3.05) is 18.2 Å². The van der Waals surface area contributed by atoms with E-state index in [2.05, 4.69) is 25.3 Å². The number of hydrogen-bond donors (Lipinski definition) is 2. The Morgan fingerprint density at radius 1 is 1.16 bits per heavy atom. The molecule has 4 heterocycles. The van der Waals surface area contributed by atoms with Crippen LogP contribution >= 0.6 is 0 Å². The molecule has 0 aliphatic carbocycles. The van der Waals surface area contributed by atoms with Crippen LogP contribution in [0, 0.1) is 5.95 Å². The number of nitrogens with zero attached hydrogens (tertiary/aromatic N) is 4. The molecule has 3 aromatic rings. The molecule has 0 amide bonds. The number of fused-ring (bicyclic) bond motifs is 1. The lowest BCUT2D eigenvalue weighted by atomic mass is 9.94. The van der Waals surface area contributed by atoms with Crippen LogP contribution in [0.25, 0.3) is 10.9 Å². The van der Waals surface area contributed by atoms with E-state index in [1.165, 1.54) is 33.0 Å². The number of aromatic nitrogens is 3. The summed E-state index contributed by atoms with van der Waals surface area (Å²) in [5, 5.41) is 3.88. The molecule has 168 valence electrons. The van der Waals surface area contributed by atoms with Crippen LogP contribution in [-0.4, -0.2) is 46.8 Å². The molecule has 1 aliphatic rings. The summed E-state index contributed by atoms with van der Waals surface area (Å²) in [6, 6.07) is 5.07. The molecule has 3 N–H and O–H groups in total. The molecule has 0 saturated heterocycles. The summed E-state index contributed by atoms with van der Waals surface area (Å²) >= 11 is 0. The fourth-order valence-corrected chi connectivity index (χ4v) is 5.24. The highest BCUT2D eigenvalue weighted by molar-refractivity contribution is 7.93. The first kappa shape index (κ1) is 21.9. The molecule has 1 unspecified atom stereocenters. The lowest BCUT2D eigenvalue weighted by molar-refractivity contribution is 0.414. The highest BCUT2D eigenvalue weighted by Crippen LogP contribution is 2.38. The van der Waals surface area contributed by atoms with Crippen molar-refractivity contribution in [1.82, 2.24) is 15.0 Å². The Kier molecular flexibility index (Phi) is 5.04. The number of amidine groups is 1. The number of sulfone groups is 1. The third kappa shape index (κ3) is 3.52. The van der Waals surface area contributed by atoms with Gasteiger partial charge in [0.05, 0.1) is 30.9 Å². The van der Waals surface area contributed by atoms with Crippen molar-refractivity contribution in [3.8, 4) is 5.75 Å². The number of aliphatic imine (C=N–C) groups is 1. The van der Waals surface area contributed by atoms with E-state index < -0.39 is 31.8 Å². The minimum atomic E-state index is -3.69. The molecular formula is C21H23FN6O3S. The Labute approximate surface area is 184 Å². The van der Waals surface area contributed by atoms with Gasteiger partial charge in [-0.3, -0.25) is 4.99 Å². The monoisotopic (exact) mass is 458 g/mol. The summed E-state index contributed by atoms with van der Waals surface area (Å²) < 4.78 is 44.3. The van der Waals surface area contributed by atoms with E-state index in [0.29, 0.717) is 22.8 Å². The largest absolute Gasteiger partial charge is 0.495 e. The highest BCUT2D eigenvalue weighted by Gasteiger charge is 2.49. The number of ether oxygens (including phenoxy) is 1. The number of anilines is 2. The third-order valence-electron chi connectivity index (χ3n) is 5.72. The molecule has 11 heteroatoms. The predicted octanol–water partition coefficient (Wildman–Crippen LogP) is 2.70. The van der Waals surface area contributed by atoms with Gasteiger partial charge in [0.2, 0.25) is 5.95 Å². The van der Waals surface area contributed by atoms with Crippen LogP contribution in [0.3, 0.4) is 0 Å². The topological polar surface area (TPSA) is 132 Å². The van der Waals surface area contributed by atoms with Crippen LogP contribution < -0.4 is 15.8 Å². The number of rotatable bonds is 4. The lowest BCUT2D eigenvalue weighted by Gasteiger charge is -2.37. The highest BCUT2D eigenvalue weighted by atomic mass is 32.2. The molecule has 4 rings (SSSR count). The van der Waals surface area contributed by atoms with Crippen molar-refractivity contribution in [2.45, 2.75) is 31.1 Å². The van der Waals surface area contributed by atoms with E-state index in [0.717, 1.165) is 5.39 Å². The van der Waals surface area contributed by atoms with Crippen molar-refractivity contribution in [1.29, 1.82) is 0 Å². The van der Waals surface area contributed by atoms with Crippen LogP contribution in [-0.2, 0) is 15.4 Å². The van der Waals surface area contributed by atoms with E-state index >= 15 is 0 Å². The Bertz CT molecular complexity index is 1360. The first-order valence-electron chi connectivity index (χ1n) is 9.77. The van der Waals surface area contributed by atoms with Crippen LogP contribution in [0.2, 0.25) is 0 Å². The second-order valence-corrected chi connectivity index (χ2v) is 10.9. The van der Waals surface area contributed by atoms with Crippen molar-refractivity contribution < 1.29 is 17.5 Å². The van der Waals surface area contributed by atoms with Crippen molar-refractivity contribution in [2.24, 2.45) is 10.7 Å². The van der Waals surface area contributed by atoms with Gasteiger partial charge in [0.25, 0.3) is 0 Å². The van der Waals surface area contributed by atoms with Gasteiger partial charge in [0.1, 0.15) is 27.4 Å². The first-order chi connectivity index (χ1) is 15.0. The maximum atomic E-state index is 14.8. The lowest BCUT2D eigenvalue weighted by Crippen LogP contribution is -2.55. The number of halogens is 1. The SMILES string of the molecule is COc1cnc2c(Nc3cnc(F)c(C4(C)CS(=O)(=O)C(C)(C)C(N)=N4)c3)nccc2c1. The van der Waals surface area contributed by atoms with Gasteiger partial charge in [-0.1, -0.05) is 0 Å². The number of pyridine rings is 3.